The molecule has 0 spiro atoms. The van der Waals surface area contributed by atoms with Crippen molar-refractivity contribution in [2.45, 2.75) is 33.6 Å². The van der Waals surface area contributed by atoms with Gasteiger partial charge in [0.1, 0.15) is 0 Å². The van der Waals surface area contributed by atoms with E-state index in [1.165, 1.54) is 5.57 Å². The molecule has 0 aromatic rings. The second-order valence-electron chi connectivity index (χ2n) is 3.41. The molecule has 2 heteroatoms. The first kappa shape index (κ1) is 12.9. The number of carbonyl (C=O) groups excluding carboxylic acids is 1. The molecule has 0 aliphatic heterocycles. The fraction of sp³-hybridized carbons (Fsp3) is 0.583. The van der Waals surface area contributed by atoms with Gasteiger partial charge < -0.3 is 4.74 Å². The van der Waals surface area contributed by atoms with Crippen LogP contribution in [0, 0.1) is 5.92 Å². The molecule has 0 saturated carbocycles. The summed E-state index contributed by atoms with van der Waals surface area (Å²) in [5, 5.41) is 0. The normalized spacial score (nSPS) is 13.5. The third-order valence-electron chi connectivity index (χ3n) is 1.95. The zero-order valence-corrected chi connectivity index (χ0v) is 9.38. The molecule has 0 fully saturated rings. The molecule has 0 heterocycles. The van der Waals surface area contributed by atoms with Crippen molar-refractivity contribution in [3.05, 3.63) is 24.3 Å². The van der Waals surface area contributed by atoms with Crippen molar-refractivity contribution in [2.24, 2.45) is 5.92 Å². The molecule has 0 rings (SSSR count). The highest BCUT2D eigenvalue weighted by atomic mass is 16.5. The van der Waals surface area contributed by atoms with E-state index in [1.54, 1.807) is 0 Å². The van der Waals surface area contributed by atoms with Crippen molar-refractivity contribution in [1.82, 2.24) is 0 Å². The van der Waals surface area contributed by atoms with E-state index in [2.05, 4.69) is 19.6 Å². The van der Waals surface area contributed by atoms with Crippen molar-refractivity contribution in [3.8, 4) is 0 Å². The lowest BCUT2D eigenvalue weighted by molar-refractivity contribution is -0.143. The second kappa shape index (κ2) is 7.36. The van der Waals surface area contributed by atoms with Crippen LogP contribution in [-0.4, -0.2) is 12.6 Å². The first-order valence-corrected chi connectivity index (χ1v) is 5.05. The van der Waals surface area contributed by atoms with Crippen molar-refractivity contribution in [1.29, 1.82) is 0 Å². The first-order valence-electron chi connectivity index (χ1n) is 5.05. The minimum Gasteiger partial charge on any atom is -0.466 e. The van der Waals surface area contributed by atoms with Gasteiger partial charge in [0.15, 0.2) is 0 Å². The Hall–Kier alpha value is -1.05. The molecule has 0 N–H and O–H groups in total. The van der Waals surface area contributed by atoms with Crippen LogP contribution in [0.2, 0.25) is 0 Å². The van der Waals surface area contributed by atoms with Gasteiger partial charge >= 0.3 is 5.97 Å². The molecule has 2 nitrogen and oxygen atoms in total. The van der Waals surface area contributed by atoms with Crippen LogP contribution >= 0.6 is 0 Å². The zero-order chi connectivity index (χ0) is 11.0. The highest BCUT2D eigenvalue weighted by Crippen LogP contribution is 2.09. The van der Waals surface area contributed by atoms with Gasteiger partial charge in [-0.1, -0.05) is 24.6 Å². The molecule has 0 aliphatic carbocycles. The average Bonchev–Trinajstić information content (AvgIpc) is 2.15. The van der Waals surface area contributed by atoms with Gasteiger partial charge in [0.2, 0.25) is 0 Å². The number of hydrogen-bond donors (Lipinski definition) is 0. The van der Waals surface area contributed by atoms with E-state index in [0.717, 1.165) is 6.42 Å². The van der Waals surface area contributed by atoms with E-state index < -0.39 is 0 Å². The Morgan fingerprint density at radius 1 is 1.50 bits per heavy atom. The summed E-state index contributed by atoms with van der Waals surface area (Å²) in [4.78, 5) is 11.0. The number of carbonyl (C=O) groups is 1. The van der Waals surface area contributed by atoms with Gasteiger partial charge in [-0.25, -0.2) is 0 Å². The Balaban J connectivity index is 3.83. The lowest BCUT2D eigenvalue weighted by Gasteiger charge is -2.04. The molecule has 0 bridgehead atoms. The molecule has 0 radical (unpaired) electrons. The maximum Gasteiger partial charge on any atom is 0.306 e. The number of allylic oxidation sites excluding steroid dienone is 3. The largest absolute Gasteiger partial charge is 0.466 e. The van der Waals surface area contributed by atoms with Gasteiger partial charge in [0, 0.05) is 6.42 Å². The maximum absolute atomic E-state index is 11.0. The van der Waals surface area contributed by atoms with Gasteiger partial charge in [-0.15, -0.1) is 6.58 Å². The average molecular weight is 196 g/mol. The molecule has 0 amide bonds. The van der Waals surface area contributed by atoms with Crippen LogP contribution in [-0.2, 0) is 9.53 Å². The van der Waals surface area contributed by atoms with Gasteiger partial charge in [-0.2, -0.15) is 0 Å². The maximum atomic E-state index is 11.0. The second-order valence-corrected chi connectivity index (χ2v) is 3.41. The third-order valence-corrected chi connectivity index (χ3v) is 1.95. The lowest BCUT2D eigenvalue weighted by atomic mass is 10.1. The smallest absolute Gasteiger partial charge is 0.306 e. The standard InChI is InChI=1S/C12H20O2/c1-5-10(3)9-11(4)7-8-12(13)14-6-2/h5,9-10H,1,6-8H2,2-4H3/b11-9+/t10-/m0/s1. The van der Waals surface area contributed by atoms with Crippen molar-refractivity contribution >= 4 is 5.97 Å². The fourth-order valence-electron chi connectivity index (χ4n) is 1.13. The molecular weight excluding hydrogens is 176 g/mol. The highest BCUT2D eigenvalue weighted by Gasteiger charge is 2.02. The molecule has 0 saturated heterocycles. The SMILES string of the molecule is C=C[C@H](C)/C=C(\C)CCC(=O)OCC. The van der Waals surface area contributed by atoms with E-state index in [0.29, 0.717) is 18.9 Å². The summed E-state index contributed by atoms with van der Waals surface area (Å²) in [5.41, 5.74) is 1.21. The molecule has 0 unspecified atom stereocenters. The molecule has 0 aliphatic rings. The van der Waals surface area contributed by atoms with Gasteiger partial charge in [0.25, 0.3) is 0 Å². The van der Waals surface area contributed by atoms with Gasteiger partial charge in [-0.05, 0) is 26.2 Å². The molecule has 0 aromatic carbocycles. The summed E-state index contributed by atoms with van der Waals surface area (Å²) in [7, 11) is 0. The molecule has 14 heavy (non-hydrogen) atoms. The minimum atomic E-state index is -0.119. The Kier molecular flexibility index (Phi) is 6.81. The Bertz CT molecular complexity index is 216. The van der Waals surface area contributed by atoms with Crippen molar-refractivity contribution < 1.29 is 9.53 Å². The Morgan fingerprint density at radius 2 is 2.14 bits per heavy atom. The Labute approximate surface area is 86.6 Å². The van der Waals surface area contributed by atoms with E-state index in [9.17, 15) is 4.79 Å². The molecule has 1 atom stereocenters. The summed E-state index contributed by atoms with van der Waals surface area (Å²) < 4.78 is 4.84. The predicted molar refractivity (Wildman–Crippen MR) is 59.0 cm³/mol. The summed E-state index contributed by atoms with van der Waals surface area (Å²) >= 11 is 0. The Morgan fingerprint density at radius 3 is 2.64 bits per heavy atom. The summed E-state index contributed by atoms with van der Waals surface area (Å²) in [6, 6.07) is 0. The van der Waals surface area contributed by atoms with E-state index >= 15 is 0 Å². The van der Waals surface area contributed by atoms with Crippen LogP contribution in [0.3, 0.4) is 0 Å². The summed E-state index contributed by atoms with van der Waals surface area (Å²) in [6.45, 7) is 10.1. The van der Waals surface area contributed by atoms with Gasteiger partial charge in [-0.3, -0.25) is 4.79 Å². The first-order chi connectivity index (χ1) is 6.60. The minimum absolute atomic E-state index is 0.119. The van der Waals surface area contributed by atoms with Crippen molar-refractivity contribution in [2.75, 3.05) is 6.61 Å². The van der Waals surface area contributed by atoms with Gasteiger partial charge in [0.05, 0.1) is 6.61 Å². The quantitative estimate of drug-likeness (QED) is 0.482. The predicted octanol–water partition coefficient (Wildman–Crippen LogP) is 3.10. The molecular formula is C12H20O2. The number of ether oxygens (including phenoxy) is 1. The number of hydrogen-bond acceptors (Lipinski definition) is 2. The summed E-state index contributed by atoms with van der Waals surface area (Å²) in [5.74, 6) is 0.253. The van der Waals surface area contributed by atoms with Crippen LogP contribution in [0.4, 0.5) is 0 Å². The van der Waals surface area contributed by atoms with E-state index in [4.69, 9.17) is 4.74 Å². The van der Waals surface area contributed by atoms with Crippen LogP contribution in [0.15, 0.2) is 24.3 Å². The molecule has 0 aromatic heterocycles. The summed E-state index contributed by atoms with van der Waals surface area (Å²) in [6.07, 6.45) is 5.25. The van der Waals surface area contributed by atoms with Crippen LogP contribution in [0.1, 0.15) is 33.6 Å². The van der Waals surface area contributed by atoms with E-state index in [-0.39, 0.29) is 5.97 Å². The monoisotopic (exact) mass is 196 g/mol. The van der Waals surface area contributed by atoms with Crippen LogP contribution in [0.25, 0.3) is 0 Å². The zero-order valence-electron chi connectivity index (χ0n) is 9.38. The van der Waals surface area contributed by atoms with Crippen molar-refractivity contribution in [3.63, 3.8) is 0 Å². The third kappa shape index (κ3) is 6.46. The fourth-order valence-corrected chi connectivity index (χ4v) is 1.13. The van der Waals surface area contributed by atoms with E-state index in [1.807, 2.05) is 19.9 Å². The van der Waals surface area contributed by atoms with Crippen LogP contribution in [0.5, 0.6) is 0 Å². The number of esters is 1. The highest BCUT2D eigenvalue weighted by molar-refractivity contribution is 5.69. The topological polar surface area (TPSA) is 26.3 Å². The number of rotatable bonds is 6. The van der Waals surface area contributed by atoms with Crippen LogP contribution < -0.4 is 0 Å². The molecule has 80 valence electrons. The lowest BCUT2D eigenvalue weighted by Crippen LogP contribution is -2.03.